The molecule has 0 aliphatic carbocycles. The molecule has 4 rings (SSSR count). The first-order valence-corrected chi connectivity index (χ1v) is 7.41. The van der Waals surface area contributed by atoms with Gasteiger partial charge in [0.2, 0.25) is 6.79 Å². The molecule has 0 spiro atoms. The molecule has 1 saturated heterocycles. The van der Waals surface area contributed by atoms with Crippen molar-refractivity contribution in [3.05, 3.63) is 53.6 Å². The van der Waals surface area contributed by atoms with Gasteiger partial charge in [0.15, 0.2) is 23.1 Å². The zero-order valence-corrected chi connectivity index (χ0v) is 12.5. The van der Waals surface area contributed by atoms with Gasteiger partial charge in [0.05, 0.1) is 13.1 Å². The largest absolute Gasteiger partial charge is 0.487 e. The SMILES string of the molecule is O=C(c1ccc2c(c1)OCO2)N1CC(Oc2ccc(F)c(F)c2)C1. The lowest BCUT2D eigenvalue weighted by Crippen LogP contribution is -2.56. The van der Waals surface area contributed by atoms with Crippen LogP contribution in [0.25, 0.3) is 0 Å². The monoisotopic (exact) mass is 333 g/mol. The van der Waals surface area contributed by atoms with Crippen LogP contribution in [0.4, 0.5) is 8.78 Å². The van der Waals surface area contributed by atoms with E-state index in [1.807, 2.05) is 0 Å². The molecule has 0 radical (unpaired) electrons. The number of ether oxygens (including phenoxy) is 3. The molecule has 1 amide bonds. The van der Waals surface area contributed by atoms with Gasteiger partial charge in [-0.3, -0.25) is 4.79 Å². The van der Waals surface area contributed by atoms with Crippen LogP contribution in [0.2, 0.25) is 0 Å². The number of carbonyl (C=O) groups is 1. The molecule has 7 heteroatoms. The first-order chi connectivity index (χ1) is 11.6. The summed E-state index contributed by atoms with van der Waals surface area (Å²) in [6, 6.07) is 8.40. The second-order valence-electron chi connectivity index (χ2n) is 5.59. The lowest BCUT2D eigenvalue weighted by Gasteiger charge is -2.39. The molecule has 24 heavy (non-hydrogen) atoms. The Kier molecular flexibility index (Phi) is 3.48. The van der Waals surface area contributed by atoms with Crippen LogP contribution in [0.3, 0.4) is 0 Å². The van der Waals surface area contributed by atoms with Crippen LogP contribution < -0.4 is 14.2 Å². The molecular formula is C17H13F2NO4. The molecule has 2 aliphatic heterocycles. The number of halogens is 2. The maximum atomic E-state index is 13.1. The molecule has 0 atom stereocenters. The summed E-state index contributed by atoms with van der Waals surface area (Å²) in [4.78, 5) is 14.0. The van der Waals surface area contributed by atoms with Crippen LogP contribution in [-0.4, -0.2) is 36.8 Å². The molecule has 0 N–H and O–H groups in total. The van der Waals surface area contributed by atoms with Crippen molar-refractivity contribution in [2.24, 2.45) is 0 Å². The molecule has 5 nitrogen and oxygen atoms in total. The molecule has 2 aromatic carbocycles. The van der Waals surface area contributed by atoms with Crippen molar-refractivity contribution in [2.45, 2.75) is 6.10 Å². The van der Waals surface area contributed by atoms with Gasteiger partial charge < -0.3 is 19.1 Å². The van der Waals surface area contributed by atoms with Gasteiger partial charge >= 0.3 is 0 Å². The van der Waals surface area contributed by atoms with E-state index in [9.17, 15) is 13.6 Å². The topological polar surface area (TPSA) is 48.0 Å². The van der Waals surface area contributed by atoms with Gasteiger partial charge in [-0.2, -0.15) is 0 Å². The molecule has 0 aromatic heterocycles. The molecule has 0 unspecified atom stereocenters. The minimum absolute atomic E-state index is 0.140. The van der Waals surface area contributed by atoms with E-state index in [-0.39, 0.29) is 24.6 Å². The van der Waals surface area contributed by atoms with E-state index in [0.29, 0.717) is 30.2 Å². The molecule has 0 bridgehead atoms. The van der Waals surface area contributed by atoms with Crippen LogP contribution in [0.15, 0.2) is 36.4 Å². The zero-order valence-electron chi connectivity index (χ0n) is 12.5. The predicted octanol–water partition coefficient (Wildman–Crippen LogP) is 2.60. The molecule has 2 heterocycles. The first kappa shape index (κ1) is 14.7. The van der Waals surface area contributed by atoms with Crippen LogP contribution in [-0.2, 0) is 0 Å². The Morgan fingerprint density at radius 1 is 1.04 bits per heavy atom. The Bertz CT molecular complexity index is 805. The number of hydrogen-bond donors (Lipinski definition) is 0. The third-order valence-corrected chi connectivity index (χ3v) is 3.95. The highest BCUT2D eigenvalue weighted by atomic mass is 19.2. The van der Waals surface area contributed by atoms with Gasteiger partial charge in [-0.25, -0.2) is 8.78 Å². The number of carbonyl (C=O) groups excluding carboxylic acids is 1. The first-order valence-electron chi connectivity index (χ1n) is 7.41. The van der Waals surface area contributed by atoms with Crippen molar-refractivity contribution in [2.75, 3.05) is 19.9 Å². The number of amides is 1. The summed E-state index contributed by atoms with van der Waals surface area (Å²) in [7, 11) is 0. The average Bonchev–Trinajstić information content (AvgIpc) is 3.00. The summed E-state index contributed by atoms with van der Waals surface area (Å²) >= 11 is 0. The van der Waals surface area contributed by atoms with Gasteiger partial charge in [0.1, 0.15) is 11.9 Å². The quantitative estimate of drug-likeness (QED) is 0.866. The van der Waals surface area contributed by atoms with E-state index >= 15 is 0 Å². The maximum Gasteiger partial charge on any atom is 0.254 e. The van der Waals surface area contributed by atoms with Crippen molar-refractivity contribution >= 4 is 5.91 Å². The van der Waals surface area contributed by atoms with E-state index in [0.717, 1.165) is 12.1 Å². The van der Waals surface area contributed by atoms with Crippen LogP contribution in [0.5, 0.6) is 17.2 Å². The fraction of sp³-hybridized carbons (Fsp3) is 0.235. The number of fused-ring (bicyclic) bond motifs is 1. The molecule has 1 fully saturated rings. The number of benzene rings is 2. The van der Waals surface area contributed by atoms with E-state index in [1.54, 1.807) is 23.1 Å². The minimum atomic E-state index is -0.958. The fourth-order valence-electron chi connectivity index (χ4n) is 2.63. The van der Waals surface area contributed by atoms with E-state index in [2.05, 4.69) is 0 Å². The molecule has 2 aliphatic rings. The van der Waals surface area contributed by atoms with Gasteiger partial charge in [0, 0.05) is 11.6 Å². The third-order valence-electron chi connectivity index (χ3n) is 3.95. The lowest BCUT2D eigenvalue weighted by molar-refractivity contribution is 0.0176. The van der Waals surface area contributed by atoms with E-state index in [4.69, 9.17) is 14.2 Å². The van der Waals surface area contributed by atoms with Crippen molar-refractivity contribution < 1.29 is 27.8 Å². The summed E-state index contributed by atoms with van der Waals surface area (Å²) in [5.74, 6) is -0.603. The summed E-state index contributed by atoms with van der Waals surface area (Å²) in [5, 5.41) is 0. The summed E-state index contributed by atoms with van der Waals surface area (Å²) in [5.41, 5.74) is 0.505. The number of rotatable bonds is 3. The predicted molar refractivity (Wildman–Crippen MR) is 79.2 cm³/mol. The Morgan fingerprint density at radius 2 is 1.83 bits per heavy atom. The Hall–Kier alpha value is -2.83. The fourth-order valence-corrected chi connectivity index (χ4v) is 2.63. The summed E-state index contributed by atoms with van der Waals surface area (Å²) in [6.07, 6.45) is -0.243. The highest BCUT2D eigenvalue weighted by Gasteiger charge is 2.33. The second kappa shape index (κ2) is 5.67. The van der Waals surface area contributed by atoms with Crippen molar-refractivity contribution in [1.82, 2.24) is 4.90 Å². The molecule has 124 valence electrons. The van der Waals surface area contributed by atoms with Crippen LogP contribution >= 0.6 is 0 Å². The second-order valence-corrected chi connectivity index (χ2v) is 5.59. The van der Waals surface area contributed by atoms with Gasteiger partial charge in [-0.15, -0.1) is 0 Å². The van der Waals surface area contributed by atoms with Crippen molar-refractivity contribution in [3.8, 4) is 17.2 Å². The van der Waals surface area contributed by atoms with Gasteiger partial charge in [-0.05, 0) is 30.3 Å². The smallest absolute Gasteiger partial charge is 0.254 e. The zero-order chi connectivity index (χ0) is 16.7. The van der Waals surface area contributed by atoms with Gasteiger partial charge in [-0.1, -0.05) is 0 Å². The normalized spacial score (nSPS) is 16.0. The van der Waals surface area contributed by atoms with Crippen LogP contribution in [0.1, 0.15) is 10.4 Å². The molecule has 2 aromatic rings. The molecule has 0 saturated carbocycles. The Balaban J connectivity index is 1.36. The van der Waals surface area contributed by atoms with Gasteiger partial charge in [0.25, 0.3) is 5.91 Å². The van der Waals surface area contributed by atoms with Crippen molar-refractivity contribution in [1.29, 1.82) is 0 Å². The average molecular weight is 333 g/mol. The summed E-state index contributed by atoms with van der Waals surface area (Å²) < 4.78 is 42.0. The summed E-state index contributed by atoms with van der Waals surface area (Å²) in [6.45, 7) is 0.916. The van der Waals surface area contributed by atoms with Crippen LogP contribution in [0, 0.1) is 11.6 Å². The Morgan fingerprint density at radius 3 is 2.62 bits per heavy atom. The highest BCUT2D eigenvalue weighted by molar-refractivity contribution is 5.95. The number of nitrogens with zero attached hydrogens (tertiary/aromatic N) is 1. The standard InChI is InChI=1S/C17H13F2NO4/c18-13-3-2-11(6-14(13)19)24-12-7-20(8-12)17(21)10-1-4-15-16(5-10)23-9-22-15/h1-6,12H,7-9H2. The minimum Gasteiger partial charge on any atom is -0.487 e. The number of hydrogen-bond acceptors (Lipinski definition) is 4. The van der Waals surface area contributed by atoms with Crippen molar-refractivity contribution in [3.63, 3.8) is 0 Å². The number of likely N-dealkylation sites (tertiary alicyclic amines) is 1. The maximum absolute atomic E-state index is 13.1. The van der Waals surface area contributed by atoms with E-state index in [1.165, 1.54) is 6.07 Å². The lowest BCUT2D eigenvalue weighted by atomic mass is 10.1. The molecular weight excluding hydrogens is 320 g/mol. The van der Waals surface area contributed by atoms with E-state index < -0.39 is 11.6 Å². The third kappa shape index (κ3) is 2.62. The highest BCUT2D eigenvalue weighted by Crippen LogP contribution is 2.33. The Labute approximate surface area is 136 Å².